The summed E-state index contributed by atoms with van der Waals surface area (Å²) >= 11 is 5.84. The number of hydrogen-bond donors (Lipinski definition) is 0. The van der Waals surface area contributed by atoms with Crippen molar-refractivity contribution < 1.29 is 4.58 Å². The van der Waals surface area contributed by atoms with E-state index < -0.39 is 0 Å². The molecule has 0 aliphatic carbocycles. The molecule has 0 unspecified atom stereocenters. The molecule has 1 aliphatic rings. The van der Waals surface area contributed by atoms with Gasteiger partial charge in [0.1, 0.15) is 5.71 Å². The van der Waals surface area contributed by atoms with Crippen LogP contribution in [0.5, 0.6) is 0 Å². The lowest BCUT2D eigenvalue weighted by atomic mass is 10.1. The van der Waals surface area contributed by atoms with Crippen molar-refractivity contribution in [2.24, 2.45) is 10.9 Å². The second-order valence-electron chi connectivity index (χ2n) is 3.95. The van der Waals surface area contributed by atoms with Crippen LogP contribution in [0, 0.1) is 5.92 Å². The van der Waals surface area contributed by atoms with Crippen LogP contribution < -0.4 is 0 Å². The van der Waals surface area contributed by atoms with Crippen LogP contribution in [0.4, 0.5) is 5.69 Å². The number of aliphatic imine (C=N–C) groups is 1. The first-order valence-electron chi connectivity index (χ1n) is 5.08. The predicted molar refractivity (Wildman–Crippen MR) is 64.6 cm³/mol. The van der Waals surface area contributed by atoms with Crippen molar-refractivity contribution in [3.05, 3.63) is 29.3 Å². The van der Waals surface area contributed by atoms with E-state index in [0.29, 0.717) is 5.92 Å². The molecule has 0 bridgehead atoms. The van der Waals surface area contributed by atoms with Crippen molar-refractivity contribution in [3.8, 4) is 0 Å². The number of benzene rings is 1. The Labute approximate surface area is 94.9 Å². The molecule has 1 aromatic carbocycles. The normalized spacial score (nSPS) is 15.5. The number of halogens is 1. The zero-order valence-corrected chi connectivity index (χ0v) is 9.70. The maximum Gasteiger partial charge on any atom is 0.241 e. The molecule has 1 aromatic rings. The molecule has 0 saturated heterocycles. The van der Waals surface area contributed by atoms with E-state index in [1.165, 1.54) is 0 Å². The summed E-state index contributed by atoms with van der Waals surface area (Å²) in [5, 5.41) is 0.767. The van der Waals surface area contributed by atoms with Gasteiger partial charge < -0.3 is 0 Å². The summed E-state index contributed by atoms with van der Waals surface area (Å²) in [5.74, 6) is 0.488. The average molecular weight is 222 g/mol. The molecule has 2 nitrogen and oxygen atoms in total. The summed E-state index contributed by atoms with van der Waals surface area (Å²) < 4.78 is 2.13. The molecule has 0 atom stereocenters. The molecule has 2 rings (SSSR count). The van der Waals surface area contributed by atoms with Gasteiger partial charge in [0.2, 0.25) is 12.4 Å². The molecule has 78 valence electrons. The zero-order chi connectivity index (χ0) is 10.8. The fourth-order valence-electron chi connectivity index (χ4n) is 1.52. The minimum atomic E-state index is 0.488. The van der Waals surface area contributed by atoms with Gasteiger partial charge in [-0.25, -0.2) is 4.99 Å². The molecule has 1 heterocycles. The van der Waals surface area contributed by atoms with Crippen molar-refractivity contribution >= 4 is 29.2 Å². The summed E-state index contributed by atoms with van der Waals surface area (Å²) in [6, 6.07) is 7.82. The molecule has 0 fully saturated rings. The second kappa shape index (κ2) is 4.15. The fraction of sp³-hybridized carbons (Fsp3) is 0.333. The number of hydrogen-bond acceptors (Lipinski definition) is 1. The third kappa shape index (κ3) is 2.26. The molecule has 0 aromatic heterocycles. The Morgan fingerprint density at radius 2 is 1.93 bits per heavy atom. The van der Waals surface area contributed by atoms with Gasteiger partial charge in [-0.3, -0.25) is 0 Å². The van der Waals surface area contributed by atoms with Crippen molar-refractivity contribution in [1.29, 1.82) is 0 Å². The zero-order valence-electron chi connectivity index (χ0n) is 8.94. The highest BCUT2D eigenvalue weighted by Crippen LogP contribution is 2.17. The van der Waals surface area contributed by atoms with Crippen LogP contribution in [0.3, 0.4) is 0 Å². The third-order valence-electron chi connectivity index (χ3n) is 2.44. The standard InChI is InChI=1S/C12H14ClN2/c1-9(2)12-7-15(8-14-12)11-5-3-10(13)4-6-11/h3-7,9H,8H2,1-2H3/q+1. The van der Waals surface area contributed by atoms with Crippen LogP contribution >= 0.6 is 11.6 Å². The Kier molecular flexibility index (Phi) is 2.87. The molecule has 0 radical (unpaired) electrons. The van der Waals surface area contributed by atoms with Gasteiger partial charge in [0.05, 0.1) is 0 Å². The van der Waals surface area contributed by atoms with Crippen LogP contribution in [0.25, 0.3) is 0 Å². The van der Waals surface area contributed by atoms with E-state index in [4.69, 9.17) is 11.6 Å². The van der Waals surface area contributed by atoms with E-state index in [1.54, 1.807) is 0 Å². The SMILES string of the molecule is CC(C)C1=NC[N+](c2ccc(Cl)cc2)=C1. The molecule has 0 N–H and O–H groups in total. The van der Waals surface area contributed by atoms with Gasteiger partial charge in [-0.15, -0.1) is 0 Å². The second-order valence-corrected chi connectivity index (χ2v) is 4.39. The summed E-state index contributed by atoms with van der Waals surface area (Å²) in [6.07, 6.45) is 2.11. The Morgan fingerprint density at radius 1 is 1.27 bits per heavy atom. The van der Waals surface area contributed by atoms with Gasteiger partial charge in [0, 0.05) is 23.1 Å². The molecule has 1 aliphatic heterocycles. The molecule has 0 spiro atoms. The van der Waals surface area contributed by atoms with E-state index in [2.05, 4.69) is 29.6 Å². The predicted octanol–water partition coefficient (Wildman–Crippen LogP) is 3.12. The van der Waals surface area contributed by atoms with E-state index >= 15 is 0 Å². The highest BCUT2D eigenvalue weighted by molar-refractivity contribution is 6.31. The minimum Gasteiger partial charge on any atom is -0.218 e. The van der Waals surface area contributed by atoms with E-state index in [9.17, 15) is 0 Å². The summed E-state index contributed by atoms with van der Waals surface area (Å²) in [4.78, 5) is 4.47. The lowest BCUT2D eigenvalue weighted by Gasteiger charge is -1.96. The summed E-state index contributed by atoms with van der Waals surface area (Å²) in [6.45, 7) is 5.02. The highest BCUT2D eigenvalue weighted by Gasteiger charge is 2.18. The Morgan fingerprint density at radius 3 is 2.47 bits per heavy atom. The topological polar surface area (TPSA) is 15.4 Å². The lowest BCUT2D eigenvalue weighted by Crippen LogP contribution is -2.09. The first-order chi connectivity index (χ1) is 7.16. The first-order valence-corrected chi connectivity index (χ1v) is 5.46. The van der Waals surface area contributed by atoms with Gasteiger partial charge in [-0.2, -0.15) is 4.58 Å². The van der Waals surface area contributed by atoms with Crippen molar-refractivity contribution in [2.75, 3.05) is 6.67 Å². The summed E-state index contributed by atoms with van der Waals surface area (Å²) in [7, 11) is 0. The number of rotatable bonds is 2. The maximum atomic E-state index is 5.84. The van der Waals surface area contributed by atoms with Crippen molar-refractivity contribution in [3.63, 3.8) is 0 Å². The molecular formula is C12H14ClN2+. The number of nitrogens with zero attached hydrogens (tertiary/aromatic N) is 2. The Bertz CT molecular complexity index is 416. The molecule has 0 saturated carbocycles. The first kappa shape index (κ1) is 10.4. The maximum absolute atomic E-state index is 5.84. The average Bonchev–Trinajstić information content (AvgIpc) is 2.68. The van der Waals surface area contributed by atoms with E-state index in [1.807, 2.05) is 24.3 Å². The third-order valence-corrected chi connectivity index (χ3v) is 2.70. The minimum absolute atomic E-state index is 0.488. The van der Waals surface area contributed by atoms with Gasteiger partial charge in [-0.1, -0.05) is 25.4 Å². The molecule has 0 amide bonds. The van der Waals surface area contributed by atoms with Crippen LogP contribution in [0.2, 0.25) is 5.02 Å². The lowest BCUT2D eigenvalue weighted by molar-refractivity contribution is -0.427. The molecule has 15 heavy (non-hydrogen) atoms. The Balaban J connectivity index is 2.22. The van der Waals surface area contributed by atoms with Gasteiger partial charge in [0.25, 0.3) is 0 Å². The van der Waals surface area contributed by atoms with Crippen molar-refractivity contribution in [2.45, 2.75) is 13.8 Å². The van der Waals surface area contributed by atoms with E-state index in [-0.39, 0.29) is 0 Å². The fourth-order valence-corrected chi connectivity index (χ4v) is 1.65. The van der Waals surface area contributed by atoms with Crippen LogP contribution in [-0.4, -0.2) is 23.2 Å². The monoisotopic (exact) mass is 221 g/mol. The van der Waals surface area contributed by atoms with Crippen LogP contribution in [0.15, 0.2) is 29.3 Å². The Hall–Kier alpha value is -1.15. The van der Waals surface area contributed by atoms with Crippen LogP contribution in [-0.2, 0) is 0 Å². The smallest absolute Gasteiger partial charge is 0.218 e. The highest BCUT2D eigenvalue weighted by atomic mass is 35.5. The molecular weight excluding hydrogens is 208 g/mol. The van der Waals surface area contributed by atoms with Crippen molar-refractivity contribution in [1.82, 2.24) is 0 Å². The van der Waals surface area contributed by atoms with Gasteiger partial charge >= 0.3 is 0 Å². The quantitative estimate of drug-likeness (QED) is 0.682. The molecule has 3 heteroatoms. The van der Waals surface area contributed by atoms with Gasteiger partial charge in [0.15, 0.2) is 6.21 Å². The van der Waals surface area contributed by atoms with Crippen LogP contribution in [0.1, 0.15) is 13.8 Å². The van der Waals surface area contributed by atoms with Gasteiger partial charge in [-0.05, 0) is 12.1 Å². The van der Waals surface area contributed by atoms with E-state index in [0.717, 1.165) is 23.1 Å². The summed E-state index contributed by atoms with van der Waals surface area (Å²) in [5.41, 5.74) is 2.30. The largest absolute Gasteiger partial charge is 0.241 e.